The fraction of sp³-hybridized carbons (Fsp3) is 1.00. The Kier molecular flexibility index (Phi) is 1.50. The van der Waals surface area contributed by atoms with Gasteiger partial charge in [-0.25, -0.2) is 0 Å². The second-order valence-corrected chi connectivity index (χ2v) is 7.16. The minimum absolute atomic E-state index is 0.593. The number of rotatable bonds is 0. The second kappa shape index (κ2) is 2.29. The SMILES string of the molecule is C[C@@H]1[C@@H]2CC3C[C@H]1C[C@@](Br)(C3)C2. The van der Waals surface area contributed by atoms with Crippen LogP contribution in [-0.2, 0) is 0 Å². The monoisotopic (exact) mass is 228 g/mol. The summed E-state index contributed by atoms with van der Waals surface area (Å²) in [7, 11) is 0. The van der Waals surface area contributed by atoms with Gasteiger partial charge < -0.3 is 0 Å². The van der Waals surface area contributed by atoms with E-state index in [1.54, 1.807) is 12.8 Å². The van der Waals surface area contributed by atoms with Crippen LogP contribution in [0.3, 0.4) is 0 Å². The van der Waals surface area contributed by atoms with Crippen LogP contribution in [0.4, 0.5) is 0 Å². The summed E-state index contributed by atoms with van der Waals surface area (Å²) < 4.78 is 0.593. The van der Waals surface area contributed by atoms with Crippen molar-refractivity contribution in [2.45, 2.75) is 43.4 Å². The zero-order chi connectivity index (χ0) is 8.34. The molecular weight excluding hydrogens is 212 g/mol. The normalized spacial score (nSPS) is 62.5. The number of hydrogen-bond donors (Lipinski definition) is 0. The molecular formula is C11H17Br. The van der Waals surface area contributed by atoms with Gasteiger partial charge in [0.15, 0.2) is 0 Å². The summed E-state index contributed by atoms with van der Waals surface area (Å²) in [6.07, 6.45) is 7.52. The van der Waals surface area contributed by atoms with Crippen LogP contribution in [0, 0.1) is 23.7 Å². The molecule has 0 amide bonds. The molecule has 0 spiro atoms. The lowest BCUT2D eigenvalue weighted by molar-refractivity contribution is -0.00987. The summed E-state index contributed by atoms with van der Waals surface area (Å²) in [4.78, 5) is 0. The molecule has 5 atom stereocenters. The molecule has 0 radical (unpaired) electrons. The van der Waals surface area contributed by atoms with Gasteiger partial charge in [-0.3, -0.25) is 0 Å². The van der Waals surface area contributed by atoms with Gasteiger partial charge in [-0.1, -0.05) is 22.9 Å². The molecule has 1 heteroatoms. The molecule has 4 bridgehead atoms. The molecule has 12 heavy (non-hydrogen) atoms. The van der Waals surface area contributed by atoms with Crippen molar-refractivity contribution in [1.82, 2.24) is 0 Å². The summed E-state index contributed by atoms with van der Waals surface area (Å²) in [6, 6.07) is 0. The van der Waals surface area contributed by atoms with E-state index in [0.29, 0.717) is 4.32 Å². The third-order valence-corrected chi connectivity index (χ3v) is 5.64. The Balaban J connectivity index is 1.95. The third kappa shape index (κ3) is 0.950. The average molecular weight is 229 g/mol. The summed E-state index contributed by atoms with van der Waals surface area (Å²) >= 11 is 3.98. The highest BCUT2D eigenvalue weighted by Gasteiger charge is 2.52. The largest absolute Gasteiger partial charge is 0.0853 e. The molecule has 0 heterocycles. The smallest absolute Gasteiger partial charge is 0.0266 e. The molecule has 4 aliphatic carbocycles. The lowest BCUT2D eigenvalue weighted by Gasteiger charge is -2.57. The van der Waals surface area contributed by atoms with Gasteiger partial charge in [0, 0.05) is 4.32 Å². The quantitative estimate of drug-likeness (QED) is 0.557. The van der Waals surface area contributed by atoms with Gasteiger partial charge in [-0.05, 0) is 55.8 Å². The molecule has 4 rings (SSSR count). The van der Waals surface area contributed by atoms with Crippen molar-refractivity contribution in [2.24, 2.45) is 23.7 Å². The van der Waals surface area contributed by atoms with Crippen LogP contribution in [0.15, 0.2) is 0 Å². The van der Waals surface area contributed by atoms with Crippen molar-refractivity contribution in [2.75, 3.05) is 0 Å². The van der Waals surface area contributed by atoms with Crippen molar-refractivity contribution in [3.05, 3.63) is 0 Å². The van der Waals surface area contributed by atoms with Gasteiger partial charge in [0.25, 0.3) is 0 Å². The standard InChI is InChI=1S/C11H17Br/c1-7-9-2-8-3-10(7)6-11(12,4-8)5-9/h7-10H,2-6H2,1H3/t7-,8?,9-,10+,11-. The number of hydrogen-bond acceptors (Lipinski definition) is 0. The molecule has 0 aromatic heterocycles. The van der Waals surface area contributed by atoms with Crippen LogP contribution in [0.25, 0.3) is 0 Å². The fourth-order valence-corrected chi connectivity index (χ4v) is 5.47. The van der Waals surface area contributed by atoms with Crippen molar-refractivity contribution >= 4 is 15.9 Å². The van der Waals surface area contributed by atoms with Gasteiger partial charge >= 0.3 is 0 Å². The van der Waals surface area contributed by atoms with Crippen LogP contribution < -0.4 is 0 Å². The molecule has 0 nitrogen and oxygen atoms in total. The van der Waals surface area contributed by atoms with E-state index >= 15 is 0 Å². The molecule has 0 saturated heterocycles. The molecule has 4 fully saturated rings. The Morgan fingerprint density at radius 1 is 1.08 bits per heavy atom. The van der Waals surface area contributed by atoms with Gasteiger partial charge in [0.2, 0.25) is 0 Å². The summed E-state index contributed by atoms with van der Waals surface area (Å²) in [5, 5.41) is 0. The Hall–Kier alpha value is 0.480. The predicted molar refractivity (Wildman–Crippen MR) is 54.4 cm³/mol. The molecule has 0 aromatic rings. The van der Waals surface area contributed by atoms with Crippen LogP contribution >= 0.6 is 15.9 Å². The fourth-order valence-electron chi connectivity index (χ4n) is 4.18. The molecule has 1 unspecified atom stereocenters. The summed E-state index contributed by atoms with van der Waals surface area (Å²) in [5.41, 5.74) is 0. The summed E-state index contributed by atoms with van der Waals surface area (Å²) in [5.74, 6) is 4.25. The first-order chi connectivity index (χ1) is 5.66. The maximum atomic E-state index is 3.98. The maximum Gasteiger partial charge on any atom is 0.0266 e. The van der Waals surface area contributed by atoms with Gasteiger partial charge in [0.1, 0.15) is 0 Å². The van der Waals surface area contributed by atoms with E-state index in [0.717, 1.165) is 23.7 Å². The average Bonchev–Trinajstić information content (AvgIpc) is 1.96. The second-order valence-electron chi connectivity index (χ2n) is 5.48. The first-order valence-electron chi connectivity index (χ1n) is 5.35. The van der Waals surface area contributed by atoms with Crippen molar-refractivity contribution in [3.63, 3.8) is 0 Å². The lowest BCUT2D eigenvalue weighted by Crippen LogP contribution is -2.50. The van der Waals surface area contributed by atoms with Gasteiger partial charge in [0.05, 0.1) is 0 Å². The van der Waals surface area contributed by atoms with Crippen molar-refractivity contribution in [1.29, 1.82) is 0 Å². The van der Waals surface area contributed by atoms with E-state index in [-0.39, 0.29) is 0 Å². The zero-order valence-electron chi connectivity index (χ0n) is 7.72. The molecule has 0 N–H and O–H groups in total. The van der Waals surface area contributed by atoms with Gasteiger partial charge in [-0.15, -0.1) is 0 Å². The van der Waals surface area contributed by atoms with Gasteiger partial charge in [-0.2, -0.15) is 0 Å². The highest BCUT2D eigenvalue weighted by atomic mass is 79.9. The van der Waals surface area contributed by atoms with Crippen LogP contribution in [0.2, 0.25) is 0 Å². The summed E-state index contributed by atoms with van der Waals surface area (Å²) in [6.45, 7) is 2.49. The third-order valence-electron chi connectivity index (χ3n) is 4.67. The van der Waals surface area contributed by atoms with E-state index in [1.807, 2.05) is 0 Å². The van der Waals surface area contributed by atoms with E-state index < -0.39 is 0 Å². The Bertz CT molecular complexity index is 195. The van der Waals surface area contributed by atoms with E-state index in [4.69, 9.17) is 0 Å². The lowest BCUT2D eigenvalue weighted by atomic mass is 9.52. The van der Waals surface area contributed by atoms with E-state index in [1.165, 1.54) is 19.3 Å². The zero-order valence-corrected chi connectivity index (χ0v) is 9.31. The Morgan fingerprint density at radius 3 is 2.17 bits per heavy atom. The highest BCUT2D eigenvalue weighted by molar-refractivity contribution is 9.10. The molecule has 0 aliphatic heterocycles. The minimum atomic E-state index is 0.593. The van der Waals surface area contributed by atoms with Crippen LogP contribution in [0.5, 0.6) is 0 Å². The first-order valence-corrected chi connectivity index (χ1v) is 6.14. The predicted octanol–water partition coefficient (Wildman–Crippen LogP) is 3.60. The Labute approximate surface area is 83.2 Å². The molecule has 4 aliphatic rings. The van der Waals surface area contributed by atoms with Crippen molar-refractivity contribution in [3.8, 4) is 0 Å². The first kappa shape index (κ1) is 7.84. The highest BCUT2D eigenvalue weighted by Crippen LogP contribution is 2.61. The Morgan fingerprint density at radius 2 is 1.67 bits per heavy atom. The molecule has 68 valence electrons. The maximum absolute atomic E-state index is 3.98. The van der Waals surface area contributed by atoms with Crippen LogP contribution in [-0.4, -0.2) is 4.32 Å². The number of alkyl halides is 1. The van der Waals surface area contributed by atoms with Crippen LogP contribution in [0.1, 0.15) is 39.0 Å². The van der Waals surface area contributed by atoms with E-state index in [9.17, 15) is 0 Å². The van der Waals surface area contributed by atoms with E-state index in [2.05, 4.69) is 22.9 Å². The molecule has 4 saturated carbocycles. The minimum Gasteiger partial charge on any atom is -0.0853 e. The molecule has 0 aromatic carbocycles. The topological polar surface area (TPSA) is 0 Å². The van der Waals surface area contributed by atoms with Crippen molar-refractivity contribution < 1.29 is 0 Å². The number of halogens is 1.